The Labute approximate surface area is 113 Å². The van der Waals surface area contributed by atoms with Gasteiger partial charge in [-0.15, -0.1) is 0 Å². The molecule has 0 heterocycles. The van der Waals surface area contributed by atoms with E-state index in [1.54, 1.807) is 19.1 Å². The van der Waals surface area contributed by atoms with Crippen molar-refractivity contribution in [2.75, 3.05) is 6.61 Å². The number of esters is 1. The number of allylic oxidation sites excluding steroid dienone is 1. The van der Waals surface area contributed by atoms with E-state index in [0.29, 0.717) is 5.56 Å². The van der Waals surface area contributed by atoms with E-state index in [9.17, 15) is 15.0 Å². The predicted octanol–water partition coefficient (Wildman–Crippen LogP) is 2.07. The van der Waals surface area contributed by atoms with Crippen LogP contribution in [0.15, 0.2) is 30.8 Å². The van der Waals surface area contributed by atoms with E-state index in [4.69, 9.17) is 4.74 Å². The van der Waals surface area contributed by atoms with E-state index in [1.807, 2.05) is 19.1 Å². The van der Waals surface area contributed by atoms with Gasteiger partial charge in [-0.1, -0.05) is 36.4 Å². The van der Waals surface area contributed by atoms with Crippen LogP contribution < -0.4 is 0 Å². The predicted molar refractivity (Wildman–Crippen MR) is 73.4 cm³/mol. The quantitative estimate of drug-likeness (QED) is 0.772. The highest BCUT2D eigenvalue weighted by Crippen LogP contribution is 2.21. The molecule has 4 nitrogen and oxygen atoms in total. The van der Waals surface area contributed by atoms with Crippen molar-refractivity contribution in [3.8, 4) is 0 Å². The third kappa shape index (κ3) is 4.50. The number of aliphatic hydroxyl groups is 2. The number of carbonyl (C=O) groups excluding carboxylic acids is 1. The Hall–Kier alpha value is -1.65. The van der Waals surface area contributed by atoms with E-state index < -0.39 is 18.2 Å². The number of aliphatic hydroxyl groups excluding tert-OH is 2. The molecule has 104 valence electrons. The molecular weight excluding hydrogens is 244 g/mol. The highest BCUT2D eigenvalue weighted by atomic mass is 16.5. The van der Waals surface area contributed by atoms with E-state index in [-0.39, 0.29) is 13.0 Å². The minimum absolute atomic E-state index is 0.225. The Morgan fingerprint density at radius 1 is 1.32 bits per heavy atom. The lowest BCUT2D eigenvalue weighted by atomic mass is 9.99. The van der Waals surface area contributed by atoms with Gasteiger partial charge in [0.25, 0.3) is 0 Å². The number of ether oxygens (including phenoxy) is 1. The molecule has 0 amide bonds. The molecule has 19 heavy (non-hydrogen) atoms. The largest absolute Gasteiger partial charge is 0.466 e. The van der Waals surface area contributed by atoms with Crippen LogP contribution in [0.4, 0.5) is 0 Å². The zero-order valence-corrected chi connectivity index (χ0v) is 11.3. The summed E-state index contributed by atoms with van der Waals surface area (Å²) >= 11 is 0. The summed E-state index contributed by atoms with van der Waals surface area (Å²) in [5.74, 6) is -0.521. The minimum atomic E-state index is -1.17. The third-order valence-electron chi connectivity index (χ3n) is 2.79. The second-order valence-electron chi connectivity index (χ2n) is 4.42. The van der Waals surface area contributed by atoms with Crippen molar-refractivity contribution in [3.05, 3.63) is 42.0 Å². The van der Waals surface area contributed by atoms with Crippen molar-refractivity contribution in [3.63, 3.8) is 0 Å². The number of hydrogen-bond donors (Lipinski definition) is 2. The van der Waals surface area contributed by atoms with Crippen molar-refractivity contribution < 1.29 is 19.7 Å². The molecule has 0 bridgehead atoms. The Morgan fingerprint density at radius 2 is 1.89 bits per heavy atom. The maximum atomic E-state index is 11.2. The van der Waals surface area contributed by atoms with Gasteiger partial charge < -0.3 is 14.9 Å². The van der Waals surface area contributed by atoms with Crippen LogP contribution in [0.5, 0.6) is 0 Å². The van der Waals surface area contributed by atoms with Crippen molar-refractivity contribution in [1.82, 2.24) is 0 Å². The maximum absolute atomic E-state index is 11.2. The molecule has 0 aliphatic rings. The fraction of sp³-hybridized carbons (Fsp3) is 0.400. The topological polar surface area (TPSA) is 66.8 Å². The summed E-state index contributed by atoms with van der Waals surface area (Å²) in [6.07, 6.45) is -2.50. The van der Waals surface area contributed by atoms with E-state index >= 15 is 0 Å². The molecule has 0 fully saturated rings. The second-order valence-corrected chi connectivity index (χ2v) is 4.42. The molecule has 1 rings (SSSR count). The number of hydrogen-bond acceptors (Lipinski definition) is 4. The summed E-state index contributed by atoms with van der Waals surface area (Å²) in [7, 11) is 0. The molecule has 2 N–H and O–H groups in total. The van der Waals surface area contributed by atoms with Crippen LogP contribution in [-0.2, 0) is 9.53 Å². The van der Waals surface area contributed by atoms with Gasteiger partial charge in [0.05, 0.1) is 19.1 Å². The first-order valence-corrected chi connectivity index (χ1v) is 6.23. The van der Waals surface area contributed by atoms with Crippen LogP contribution in [0.3, 0.4) is 0 Å². The zero-order chi connectivity index (χ0) is 14.4. The standard InChI is InChI=1S/C15H20O4/c1-4-19-14(17)9-13(16)15(18)12-7-5-11(6-8-12)10(2)3/h5-8,13,15-16,18H,2,4,9H2,1,3H3. The van der Waals surface area contributed by atoms with Crippen LogP contribution in [-0.4, -0.2) is 28.9 Å². The van der Waals surface area contributed by atoms with Gasteiger partial charge in [0, 0.05) is 0 Å². The fourth-order valence-corrected chi connectivity index (χ4v) is 1.69. The summed E-state index contributed by atoms with van der Waals surface area (Å²) in [4.78, 5) is 11.2. The van der Waals surface area contributed by atoms with E-state index in [1.165, 1.54) is 0 Å². The van der Waals surface area contributed by atoms with Gasteiger partial charge in [-0.25, -0.2) is 0 Å². The minimum Gasteiger partial charge on any atom is -0.466 e. The highest BCUT2D eigenvalue weighted by molar-refractivity contribution is 5.70. The second kappa shape index (κ2) is 7.07. The molecule has 0 saturated heterocycles. The molecule has 0 saturated carbocycles. The molecule has 0 aromatic heterocycles. The molecule has 0 radical (unpaired) electrons. The lowest BCUT2D eigenvalue weighted by Crippen LogP contribution is -2.23. The SMILES string of the molecule is C=C(C)c1ccc(C(O)C(O)CC(=O)OCC)cc1. The number of benzene rings is 1. The third-order valence-corrected chi connectivity index (χ3v) is 2.79. The maximum Gasteiger partial charge on any atom is 0.308 e. The summed E-state index contributed by atoms with van der Waals surface area (Å²) in [6.45, 7) is 7.66. The number of rotatable bonds is 6. The fourth-order valence-electron chi connectivity index (χ4n) is 1.69. The van der Waals surface area contributed by atoms with Crippen LogP contribution >= 0.6 is 0 Å². The molecule has 1 aromatic carbocycles. The molecular formula is C15H20O4. The highest BCUT2D eigenvalue weighted by Gasteiger charge is 2.21. The molecule has 0 spiro atoms. The molecule has 1 aromatic rings. The van der Waals surface area contributed by atoms with Gasteiger partial charge in [-0.05, 0) is 25.0 Å². The Morgan fingerprint density at radius 3 is 2.37 bits per heavy atom. The van der Waals surface area contributed by atoms with Gasteiger partial charge >= 0.3 is 5.97 Å². The molecule has 2 atom stereocenters. The first kappa shape index (κ1) is 15.4. The zero-order valence-electron chi connectivity index (χ0n) is 11.3. The van der Waals surface area contributed by atoms with Crippen molar-refractivity contribution in [2.24, 2.45) is 0 Å². The molecule has 0 aliphatic carbocycles. The number of carbonyl (C=O) groups is 1. The molecule has 0 aliphatic heterocycles. The van der Waals surface area contributed by atoms with Gasteiger partial charge in [0.2, 0.25) is 0 Å². The lowest BCUT2D eigenvalue weighted by Gasteiger charge is -2.17. The lowest BCUT2D eigenvalue weighted by molar-refractivity contribution is -0.147. The van der Waals surface area contributed by atoms with Gasteiger partial charge in [0.15, 0.2) is 0 Å². The van der Waals surface area contributed by atoms with Crippen molar-refractivity contribution in [2.45, 2.75) is 32.5 Å². The van der Waals surface area contributed by atoms with Crippen LogP contribution in [0.2, 0.25) is 0 Å². The smallest absolute Gasteiger partial charge is 0.308 e. The van der Waals surface area contributed by atoms with Crippen molar-refractivity contribution >= 4 is 11.5 Å². The molecule has 2 unspecified atom stereocenters. The average molecular weight is 264 g/mol. The van der Waals surface area contributed by atoms with Crippen LogP contribution in [0.1, 0.15) is 37.5 Å². The summed E-state index contributed by atoms with van der Waals surface area (Å²) < 4.78 is 4.73. The Balaban J connectivity index is 2.68. The molecule has 4 heteroatoms. The van der Waals surface area contributed by atoms with Crippen molar-refractivity contribution in [1.29, 1.82) is 0 Å². The van der Waals surface area contributed by atoms with Crippen LogP contribution in [0.25, 0.3) is 5.57 Å². The summed E-state index contributed by atoms with van der Waals surface area (Å²) in [5, 5.41) is 19.7. The first-order chi connectivity index (χ1) is 8.95. The average Bonchev–Trinajstić information content (AvgIpc) is 2.38. The monoisotopic (exact) mass is 264 g/mol. The summed E-state index contributed by atoms with van der Waals surface area (Å²) in [6, 6.07) is 7.06. The summed E-state index contributed by atoms with van der Waals surface area (Å²) in [5.41, 5.74) is 2.45. The van der Waals surface area contributed by atoms with Gasteiger partial charge in [0.1, 0.15) is 6.10 Å². The van der Waals surface area contributed by atoms with Crippen LogP contribution in [0, 0.1) is 0 Å². The Bertz CT molecular complexity index is 436. The van der Waals surface area contributed by atoms with Gasteiger partial charge in [-0.3, -0.25) is 4.79 Å². The van der Waals surface area contributed by atoms with E-state index in [0.717, 1.165) is 11.1 Å². The van der Waals surface area contributed by atoms with E-state index in [2.05, 4.69) is 6.58 Å². The first-order valence-electron chi connectivity index (χ1n) is 6.23. The normalized spacial score (nSPS) is 13.7. The Kier molecular flexibility index (Phi) is 5.73. The van der Waals surface area contributed by atoms with Gasteiger partial charge in [-0.2, -0.15) is 0 Å².